The van der Waals surface area contributed by atoms with Crippen LogP contribution in [-0.2, 0) is 21.2 Å². The fourth-order valence-electron chi connectivity index (χ4n) is 3.20. The van der Waals surface area contributed by atoms with Crippen LogP contribution in [0.3, 0.4) is 0 Å². The molecule has 2 heterocycles. The Hall–Kier alpha value is -2.43. The quantitative estimate of drug-likeness (QED) is 0.526. The fourth-order valence-corrected chi connectivity index (χ4v) is 4.21. The number of benzene rings is 1. The van der Waals surface area contributed by atoms with Crippen molar-refractivity contribution in [2.75, 3.05) is 12.8 Å². The molecule has 156 valence electrons. The highest BCUT2D eigenvalue weighted by molar-refractivity contribution is 7.92. The summed E-state index contributed by atoms with van der Waals surface area (Å²) in [4.78, 5) is 25.9. The molecule has 0 radical (unpaired) electrons. The Morgan fingerprint density at radius 2 is 2.07 bits per heavy atom. The molecule has 1 aromatic carbocycles. The van der Waals surface area contributed by atoms with Crippen molar-refractivity contribution < 1.29 is 27.6 Å². The van der Waals surface area contributed by atoms with E-state index in [0.717, 1.165) is 6.26 Å². The molecule has 1 aliphatic heterocycles. The van der Waals surface area contributed by atoms with E-state index in [1.165, 1.54) is 40.2 Å². The first-order valence-electron chi connectivity index (χ1n) is 8.58. The minimum atomic E-state index is -3.86. The van der Waals surface area contributed by atoms with Gasteiger partial charge in [-0.3, -0.25) is 14.6 Å². The lowest BCUT2D eigenvalue weighted by Gasteiger charge is -2.27. The molecule has 1 aliphatic rings. The maximum Gasteiger partial charge on any atom is 0.328 e. The van der Waals surface area contributed by atoms with Crippen molar-refractivity contribution in [1.29, 1.82) is 0 Å². The molecule has 0 fully saturated rings. The lowest BCUT2D eigenvalue weighted by molar-refractivity contribution is -0.131. The number of carbonyl (C=O) groups is 2. The summed E-state index contributed by atoms with van der Waals surface area (Å²) in [5, 5.41) is 9.14. The first-order valence-corrected chi connectivity index (χ1v) is 10.8. The zero-order valence-electron chi connectivity index (χ0n) is 15.6. The third-order valence-electron chi connectivity index (χ3n) is 5.23. The van der Waals surface area contributed by atoms with Crippen molar-refractivity contribution in [3.8, 4) is 11.1 Å². The number of sulfone groups is 1. The number of amides is 2. The van der Waals surface area contributed by atoms with Crippen LogP contribution in [0.2, 0.25) is 5.02 Å². The summed E-state index contributed by atoms with van der Waals surface area (Å²) in [5.74, 6) is -1.57. The Labute approximate surface area is 171 Å². The summed E-state index contributed by atoms with van der Waals surface area (Å²) in [6, 6.07) is 5.51. The number of carbonyl (C=O) groups excluding carboxylic acids is 2. The van der Waals surface area contributed by atoms with Gasteiger partial charge in [-0.15, -0.1) is 0 Å². The normalized spacial score (nSPS) is 15.9. The standard InChI is InChI=1S/C18H19ClFN3O5S/c1-18(16(24)21-26,29(2,27)28)5-6-22-10-13-7-11(9-23(13)17(22)25)14-4-3-12(19)8-15(14)20/h3-4,7-9,26H,5-6,10H2,1-2H3,(H,21,24). The minimum absolute atomic E-state index is 0.0257. The fraction of sp³-hybridized carbons (Fsp3) is 0.333. The molecule has 1 unspecified atom stereocenters. The average molecular weight is 444 g/mol. The second-order valence-corrected chi connectivity index (χ2v) is 9.99. The molecule has 2 N–H and O–H groups in total. The van der Waals surface area contributed by atoms with Crippen LogP contribution in [0.4, 0.5) is 9.18 Å². The first-order chi connectivity index (χ1) is 13.5. The highest BCUT2D eigenvalue weighted by Gasteiger charge is 2.44. The lowest BCUT2D eigenvalue weighted by atomic mass is 10.1. The molecule has 29 heavy (non-hydrogen) atoms. The van der Waals surface area contributed by atoms with E-state index in [1.54, 1.807) is 12.1 Å². The Balaban J connectivity index is 1.78. The van der Waals surface area contributed by atoms with Crippen LogP contribution in [0.5, 0.6) is 0 Å². The van der Waals surface area contributed by atoms with E-state index >= 15 is 0 Å². The molecule has 0 saturated carbocycles. The summed E-state index contributed by atoms with van der Waals surface area (Å²) in [6.45, 7) is 1.34. The van der Waals surface area contributed by atoms with Gasteiger partial charge in [0.05, 0.1) is 6.54 Å². The van der Waals surface area contributed by atoms with Gasteiger partial charge in [0.25, 0.3) is 5.91 Å². The van der Waals surface area contributed by atoms with Crippen LogP contribution in [-0.4, -0.2) is 52.6 Å². The predicted molar refractivity (Wildman–Crippen MR) is 104 cm³/mol. The summed E-state index contributed by atoms with van der Waals surface area (Å²) in [5.41, 5.74) is 2.80. The molecule has 0 aliphatic carbocycles. The lowest BCUT2D eigenvalue weighted by Crippen LogP contribution is -2.50. The maximum atomic E-state index is 14.1. The Morgan fingerprint density at radius 3 is 2.62 bits per heavy atom. The monoisotopic (exact) mass is 443 g/mol. The van der Waals surface area contributed by atoms with Gasteiger partial charge in [-0.2, -0.15) is 0 Å². The summed E-state index contributed by atoms with van der Waals surface area (Å²) in [6.07, 6.45) is 2.19. The molecule has 0 spiro atoms. The van der Waals surface area contributed by atoms with E-state index in [2.05, 4.69) is 0 Å². The van der Waals surface area contributed by atoms with Gasteiger partial charge >= 0.3 is 6.03 Å². The molecular weight excluding hydrogens is 425 g/mol. The second-order valence-electron chi connectivity index (χ2n) is 7.11. The molecule has 0 saturated heterocycles. The number of nitrogens with zero attached hydrogens (tertiary/aromatic N) is 2. The summed E-state index contributed by atoms with van der Waals surface area (Å²) < 4.78 is 37.7. The largest absolute Gasteiger partial charge is 0.328 e. The number of fused-ring (bicyclic) bond motifs is 1. The van der Waals surface area contributed by atoms with Gasteiger partial charge in [0.1, 0.15) is 5.82 Å². The number of hydroxylamine groups is 1. The zero-order chi connectivity index (χ0) is 21.6. The highest BCUT2D eigenvalue weighted by Crippen LogP contribution is 2.31. The molecule has 8 nitrogen and oxygen atoms in total. The van der Waals surface area contributed by atoms with Gasteiger partial charge in [0, 0.05) is 40.8 Å². The third kappa shape index (κ3) is 3.75. The van der Waals surface area contributed by atoms with Crippen LogP contribution in [0.25, 0.3) is 11.1 Å². The number of halogens is 2. The van der Waals surface area contributed by atoms with Crippen molar-refractivity contribution in [2.45, 2.75) is 24.6 Å². The van der Waals surface area contributed by atoms with Crippen molar-refractivity contribution in [3.05, 3.63) is 47.0 Å². The molecule has 2 aromatic rings. The van der Waals surface area contributed by atoms with Crippen molar-refractivity contribution >= 4 is 33.4 Å². The van der Waals surface area contributed by atoms with Crippen LogP contribution >= 0.6 is 11.6 Å². The molecule has 1 atom stereocenters. The molecule has 2 amide bonds. The maximum absolute atomic E-state index is 14.1. The average Bonchev–Trinajstić information content (AvgIpc) is 3.17. The Kier molecular flexibility index (Phi) is 5.46. The van der Waals surface area contributed by atoms with Crippen molar-refractivity contribution in [3.63, 3.8) is 0 Å². The van der Waals surface area contributed by atoms with Gasteiger partial charge in [-0.05, 0) is 37.6 Å². The van der Waals surface area contributed by atoms with Crippen LogP contribution in [0.1, 0.15) is 19.0 Å². The first kappa shape index (κ1) is 21.3. The third-order valence-corrected chi connectivity index (χ3v) is 7.49. The van der Waals surface area contributed by atoms with Gasteiger partial charge in [0.2, 0.25) is 0 Å². The Bertz CT molecular complexity index is 1100. The zero-order valence-corrected chi connectivity index (χ0v) is 17.2. The molecule has 3 rings (SSSR count). The smallest absolute Gasteiger partial charge is 0.318 e. The summed E-state index contributed by atoms with van der Waals surface area (Å²) >= 11 is 5.77. The van der Waals surface area contributed by atoms with Crippen molar-refractivity contribution in [1.82, 2.24) is 14.9 Å². The van der Waals surface area contributed by atoms with E-state index < -0.39 is 32.3 Å². The van der Waals surface area contributed by atoms with Gasteiger partial charge < -0.3 is 4.90 Å². The Morgan fingerprint density at radius 1 is 1.38 bits per heavy atom. The van der Waals surface area contributed by atoms with E-state index in [-0.39, 0.29) is 24.5 Å². The van der Waals surface area contributed by atoms with E-state index in [0.29, 0.717) is 16.8 Å². The molecule has 0 bridgehead atoms. The van der Waals surface area contributed by atoms with Crippen LogP contribution in [0.15, 0.2) is 30.5 Å². The van der Waals surface area contributed by atoms with E-state index in [9.17, 15) is 22.4 Å². The number of hydrogen-bond donors (Lipinski definition) is 2. The predicted octanol–water partition coefficient (Wildman–Crippen LogP) is 2.43. The number of hydrogen-bond acceptors (Lipinski definition) is 5. The highest BCUT2D eigenvalue weighted by atomic mass is 35.5. The van der Waals surface area contributed by atoms with E-state index in [1.807, 2.05) is 0 Å². The van der Waals surface area contributed by atoms with E-state index in [4.69, 9.17) is 16.8 Å². The number of nitrogens with one attached hydrogen (secondary N) is 1. The van der Waals surface area contributed by atoms with Crippen molar-refractivity contribution in [2.24, 2.45) is 0 Å². The second kappa shape index (κ2) is 7.43. The topological polar surface area (TPSA) is 109 Å². The molecule has 1 aromatic heterocycles. The molecule has 11 heteroatoms. The van der Waals surface area contributed by atoms with Gasteiger partial charge in [-0.25, -0.2) is 23.1 Å². The minimum Gasteiger partial charge on any atom is -0.318 e. The number of rotatable bonds is 6. The SMILES string of the molecule is CC(CCN1Cc2cc(-c3ccc(Cl)cc3F)cn2C1=O)(C(=O)NO)S(C)(=O)=O. The van der Waals surface area contributed by atoms with Crippen LogP contribution in [0, 0.1) is 5.82 Å². The van der Waals surface area contributed by atoms with Gasteiger partial charge in [0.15, 0.2) is 14.6 Å². The van der Waals surface area contributed by atoms with Crippen LogP contribution < -0.4 is 5.48 Å². The summed E-state index contributed by atoms with van der Waals surface area (Å²) in [7, 11) is -3.86. The number of aromatic nitrogens is 1. The van der Waals surface area contributed by atoms with Gasteiger partial charge in [-0.1, -0.05) is 11.6 Å². The molecular formula is C18H19ClFN3O5S.